The largest absolute Gasteiger partial charge is 0.390 e. The second kappa shape index (κ2) is 8.72. The molecule has 162 valence electrons. The number of aliphatic hydroxyl groups is 1. The van der Waals surface area contributed by atoms with E-state index in [-0.39, 0.29) is 30.9 Å². The van der Waals surface area contributed by atoms with E-state index in [0.717, 1.165) is 40.7 Å². The maximum Gasteiger partial charge on any atom is 0.255 e. The number of nitrogens with one attached hydrogen (secondary N) is 1. The Morgan fingerprint density at radius 3 is 2.43 bits per heavy atom. The highest BCUT2D eigenvalue weighted by Gasteiger charge is 2.32. The number of amides is 1. The summed E-state index contributed by atoms with van der Waals surface area (Å²) >= 11 is 0. The summed E-state index contributed by atoms with van der Waals surface area (Å²) in [6.07, 6.45) is -0.949. The number of nitrogens with zero attached hydrogens (tertiary/aromatic N) is 2. The summed E-state index contributed by atoms with van der Waals surface area (Å²) in [6, 6.07) is 5.52. The van der Waals surface area contributed by atoms with Gasteiger partial charge in [0.25, 0.3) is 5.91 Å². The average Bonchev–Trinajstić information content (AvgIpc) is 2.85. The number of halogens is 3. The van der Waals surface area contributed by atoms with Crippen molar-refractivity contribution in [2.24, 2.45) is 0 Å². The van der Waals surface area contributed by atoms with Crippen molar-refractivity contribution < 1.29 is 31.5 Å². The molecule has 1 fully saturated rings. The van der Waals surface area contributed by atoms with Gasteiger partial charge in [-0.15, -0.1) is 0 Å². The molecule has 0 bridgehead atoms. The Morgan fingerprint density at radius 2 is 1.73 bits per heavy atom. The van der Waals surface area contributed by atoms with Crippen LogP contribution in [0.25, 0.3) is 0 Å². The van der Waals surface area contributed by atoms with Crippen LogP contribution in [0, 0.1) is 17.5 Å². The summed E-state index contributed by atoms with van der Waals surface area (Å²) in [6.45, 7) is 0.442. The number of benzene rings is 2. The number of β-amino-alcohol motifs (C(OH)–C–C–N with tert-alkyl or cyclic N) is 1. The first-order valence-corrected chi connectivity index (χ1v) is 10.4. The molecule has 2 N–H and O–H groups in total. The molecule has 1 amide bonds. The third-order valence-electron chi connectivity index (χ3n) is 4.66. The zero-order chi connectivity index (χ0) is 22.1. The van der Waals surface area contributed by atoms with Gasteiger partial charge in [0.15, 0.2) is 11.6 Å². The van der Waals surface area contributed by atoms with Crippen LogP contribution in [0.4, 0.5) is 18.9 Å². The molecular weight excluding hydrogens is 423 g/mol. The molecule has 1 unspecified atom stereocenters. The Kier molecular flexibility index (Phi) is 6.46. The summed E-state index contributed by atoms with van der Waals surface area (Å²) < 4.78 is 67.6. The van der Waals surface area contributed by atoms with E-state index in [9.17, 15) is 31.5 Å². The lowest BCUT2D eigenvalue weighted by Crippen LogP contribution is -2.38. The SMILES string of the molecule is CN1CCN(S(=O)(=O)c2cc(C(=O)Nc3ccc(F)c(F)c3)ccc2F)CC(O)C1. The molecule has 30 heavy (non-hydrogen) atoms. The average molecular weight is 443 g/mol. The van der Waals surface area contributed by atoms with E-state index >= 15 is 0 Å². The van der Waals surface area contributed by atoms with Crippen LogP contribution < -0.4 is 5.32 Å². The Morgan fingerprint density at radius 1 is 1.03 bits per heavy atom. The highest BCUT2D eigenvalue weighted by Crippen LogP contribution is 2.23. The van der Waals surface area contributed by atoms with Gasteiger partial charge in [0, 0.05) is 43.5 Å². The van der Waals surface area contributed by atoms with Crippen molar-refractivity contribution in [3.8, 4) is 0 Å². The summed E-state index contributed by atoms with van der Waals surface area (Å²) in [7, 11) is -2.61. The fraction of sp³-hybridized carbons (Fsp3) is 0.316. The van der Waals surface area contributed by atoms with E-state index in [4.69, 9.17) is 0 Å². The van der Waals surface area contributed by atoms with Crippen LogP contribution in [-0.2, 0) is 10.0 Å². The van der Waals surface area contributed by atoms with Crippen molar-refractivity contribution in [2.75, 3.05) is 38.5 Å². The Balaban J connectivity index is 1.88. The highest BCUT2D eigenvalue weighted by atomic mass is 32.2. The summed E-state index contributed by atoms with van der Waals surface area (Å²) in [4.78, 5) is 13.5. The van der Waals surface area contributed by atoms with Gasteiger partial charge in [0.05, 0.1) is 6.10 Å². The minimum Gasteiger partial charge on any atom is -0.390 e. The van der Waals surface area contributed by atoms with Crippen LogP contribution in [0.15, 0.2) is 41.3 Å². The normalized spacial score (nSPS) is 18.8. The van der Waals surface area contributed by atoms with Gasteiger partial charge < -0.3 is 15.3 Å². The second-order valence-electron chi connectivity index (χ2n) is 7.01. The molecule has 0 aliphatic carbocycles. The number of anilines is 1. The predicted molar refractivity (Wildman–Crippen MR) is 103 cm³/mol. The van der Waals surface area contributed by atoms with Gasteiger partial charge in [0.2, 0.25) is 10.0 Å². The van der Waals surface area contributed by atoms with Gasteiger partial charge in [-0.05, 0) is 37.4 Å². The fourth-order valence-electron chi connectivity index (χ4n) is 3.09. The van der Waals surface area contributed by atoms with Crippen LogP contribution in [0.5, 0.6) is 0 Å². The van der Waals surface area contributed by atoms with Crippen LogP contribution >= 0.6 is 0 Å². The molecule has 1 aliphatic rings. The van der Waals surface area contributed by atoms with E-state index in [0.29, 0.717) is 6.54 Å². The first kappa shape index (κ1) is 22.2. The van der Waals surface area contributed by atoms with Gasteiger partial charge in [-0.3, -0.25) is 4.79 Å². The third-order valence-corrected chi connectivity index (χ3v) is 6.54. The quantitative estimate of drug-likeness (QED) is 0.750. The molecule has 3 rings (SSSR count). The standard InChI is InChI=1S/C19H20F3N3O4S/c1-24-6-7-25(11-14(26)10-24)30(28,29)18-8-12(2-4-16(18)21)19(27)23-13-3-5-15(20)17(22)9-13/h2-5,8-9,14,26H,6-7,10-11H2,1H3,(H,23,27). The Bertz CT molecular complexity index is 1060. The lowest BCUT2D eigenvalue weighted by atomic mass is 10.2. The van der Waals surface area contributed by atoms with E-state index in [1.165, 1.54) is 0 Å². The minimum absolute atomic E-state index is 0.0423. The minimum atomic E-state index is -4.33. The van der Waals surface area contributed by atoms with E-state index in [2.05, 4.69) is 5.32 Å². The molecule has 1 heterocycles. The second-order valence-corrected chi connectivity index (χ2v) is 8.91. The predicted octanol–water partition coefficient (Wildman–Crippen LogP) is 1.65. The number of rotatable bonds is 4. The first-order chi connectivity index (χ1) is 14.1. The van der Waals surface area contributed by atoms with E-state index in [1.54, 1.807) is 11.9 Å². The van der Waals surface area contributed by atoms with Crippen molar-refractivity contribution >= 4 is 21.6 Å². The van der Waals surface area contributed by atoms with E-state index in [1.807, 2.05) is 0 Å². The first-order valence-electron chi connectivity index (χ1n) is 9.00. The van der Waals surface area contributed by atoms with Crippen molar-refractivity contribution in [1.29, 1.82) is 0 Å². The van der Waals surface area contributed by atoms with Gasteiger partial charge in [-0.2, -0.15) is 4.31 Å². The van der Waals surface area contributed by atoms with Crippen LogP contribution in [0.2, 0.25) is 0 Å². The van der Waals surface area contributed by atoms with Gasteiger partial charge >= 0.3 is 0 Å². The number of sulfonamides is 1. The molecule has 0 aromatic heterocycles. The smallest absolute Gasteiger partial charge is 0.255 e. The number of hydrogen-bond acceptors (Lipinski definition) is 5. The fourth-order valence-corrected chi connectivity index (χ4v) is 4.65. The van der Waals surface area contributed by atoms with Crippen LogP contribution in [-0.4, -0.2) is 68.0 Å². The lowest BCUT2D eigenvalue weighted by molar-refractivity contribution is 0.102. The zero-order valence-corrected chi connectivity index (χ0v) is 16.8. The van der Waals surface area contributed by atoms with Crippen LogP contribution in [0.1, 0.15) is 10.4 Å². The molecule has 1 saturated heterocycles. The van der Waals surface area contributed by atoms with Crippen molar-refractivity contribution in [3.05, 3.63) is 59.4 Å². The van der Waals surface area contributed by atoms with Crippen LogP contribution in [0.3, 0.4) is 0 Å². The molecule has 7 nitrogen and oxygen atoms in total. The molecule has 0 saturated carbocycles. The zero-order valence-electron chi connectivity index (χ0n) is 16.0. The molecule has 2 aromatic carbocycles. The highest BCUT2D eigenvalue weighted by molar-refractivity contribution is 7.89. The van der Waals surface area contributed by atoms with Gasteiger partial charge in [-0.1, -0.05) is 0 Å². The molecular formula is C19H20F3N3O4S. The lowest BCUT2D eigenvalue weighted by Gasteiger charge is -2.21. The monoisotopic (exact) mass is 443 g/mol. The summed E-state index contributed by atoms with van der Waals surface area (Å²) in [5.74, 6) is -4.13. The van der Waals surface area contributed by atoms with Crippen molar-refractivity contribution in [1.82, 2.24) is 9.21 Å². The summed E-state index contributed by atoms with van der Waals surface area (Å²) in [5.41, 5.74) is -0.237. The van der Waals surface area contributed by atoms with E-state index < -0.39 is 44.4 Å². The maximum absolute atomic E-state index is 14.4. The Labute approximate surface area is 171 Å². The molecule has 2 aromatic rings. The molecule has 0 radical (unpaired) electrons. The number of aliphatic hydroxyl groups excluding tert-OH is 1. The number of carbonyl (C=O) groups is 1. The molecule has 11 heteroatoms. The van der Waals surface area contributed by atoms with Gasteiger partial charge in [-0.25, -0.2) is 21.6 Å². The number of likely N-dealkylation sites (N-methyl/N-ethyl adjacent to an activating group) is 1. The number of hydrogen-bond donors (Lipinski definition) is 2. The molecule has 1 aliphatic heterocycles. The third kappa shape index (κ3) is 4.81. The van der Waals surface area contributed by atoms with Crippen molar-refractivity contribution in [2.45, 2.75) is 11.0 Å². The molecule has 1 atom stereocenters. The molecule has 0 spiro atoms. The van der Waals surface area contributed by atoms with Gasteiger partial charge in [0.1, 0.15) is 10.7 Å². The maximum atomic E-state index is 14.4. The Hall–Kier alpha value is -2.47. The summed E-state index contributed by atoms with van der Waals surface area (Å²) in [5, 5.41) is 12.3. The van der Waals surface area contributed by atoms with Crippen molar-refractivity contribution in [3.63, 3.8) is 0 Å². The topological polar surface area (TPSA) is 90.0 Å². The number of carbonyl (C=O) groups excluding carboxylic acids is 1.